The highest BCUT2D eigenvalue weighted by Gasteiger charge is 2.15. The molecule has 1 amide bonds. The fourth-order valence-corrected chi connectivity index (χ4v) is 1.98. The van der Waals surface area contributed by atoms with Crippen molar-refractivity contribution in [2.75, 3.05) is 26.2 Å². The summed E-state index contributed by atoms with van der Waals surface area (Å²) in [6.45, 7) is 5.54. The predicted molar refractivity (Wildman–Crippen MR) is 66.7 cm³/mol. The highest BCUT2D eigenvalue weighted by atomic mass is 16.2. The van der Waals surface area contributed by atoms with E-state index in [4.69, 9.17) is 0 Å². The van der Waals surface area contributed by atoms with Gasteiger partial charge in [-0.1, -0.05) is 6.07 Å². The number of amides is 1. The lowest BCUT2D eigenvalue weighted by Crippen LogP contribution is -2.35. The molecule has 4 nitrogen and oxygen atoms in total. The Hall–Kier alpha value is -1.42. The van der Waals surface area contributed by atoms with Gasteiger partial charge in [0.05, 0.1) is 6.42 Å². The minimum atomic E-state index is 0.208. The minimum Gasteiger partial charge on any atom is -0.341 e. The molecule has 0 aliphatic carbocycles. The van der Waals surface area contributed by atoms with Crippen LogP contribution in [-0.2, 0) is 11.2 Å². The van der Waals surface area contributed by atoms with Gasteiger partial charge >= 0.3 is 0 Å². The van der Waals surface area contributed by atoms with E-state index in [1.165, 1.54) is 0 Å². The van der Waals surface area contributed by atoms with Crippen LogP contribution in [0.3, 0.4) is 0 Å². The van der Waals surface area contributed by atoms with Crippen molar-refractivity contribution >= 4 is 5.91 Å². The average Bonchev–Trinajstić information content (AvgIpc) is 2.61. The molecule has 1 saturated heterocycles. The molecule has 1 aliphatic rings. The molecule has 92 valence electrons. The third-order valence-corrected chi connectivity index (χ3v) is 3.02. The molecule has 0 spiro atoms. The van der Waals surface area contributed by atoms with E-state index in [0.29, 0.717) is 6.42 Å². The molecule has 1 aromatic heterocycles. The Labute approximate surface area is 102 Å². The number of nitrogens with one attached hydrogen (secondary N) is 1. The second kappa shape index (κ2) is 5.77. The van der Waals surface area contributed by atoms with Gasteiger partial charge in [-0.25, -0.2) is 0 Å². The lowest BCUT2D eigenvalue weighted by molar-refractivity contribution is -0.130. The lowest BCUT2D eigenvalue weighted by Gasteiger charge is -2.19. The van der Waals surface area contributed by atoms with Gasteiger partial charge in [-0.3, -0.25) is 9.78 Å². The van der Waals surface area contributed by atoms with Crippen molar-refractivity contribution in [3.8, 4) is 0 Å². The SMILES string of the molecule is Cc1ccc(CC(=O)N2CCCNCC2)cn1. The molecule has 0 bridgehead atoms. The number of nitrogens with zero attached hydrogens (tertiary/aromatic N) is 2. The van der Waals surface area contributed by atoms with Crippen molar-refractivity contribution in [2.24, 2.45) is 0 Å². The standard InChI is InChI=1S/C13H19N3O/c1-11-3-4-12(10-15-11)9-13(17)16-7-2-5-14-6-8-16/h3-4,10,14H,2,5-9H2,1H3. The molecular weight excluding hydrogens is 214 g/mol. The van der Waals surface area contributed by atoms with E-state index in [0.717, 1.165) is 43.9 Å². The minimum absolute atomic E-state index is 0.208. The molecule has 1 fully saturated rings. The number of aromatic nitrogens is 1. The molecule has 1 N–H and O–H groups in total. The van der Waals surface area contributed by atoms with Crippen molar-refractivity contribution < 1.29 is 4.79 Å². The van der Waals surface area contributed by atoms with E-state index in [1.807, 2.05) is 24.0 Å². The second-order valence-corrected chi connectivity index (χ2v) is 4.47. The molecule has 0 saturated carbocycles. The molecule has 0 atom stereocenters. The van der Waals surface area contributed by atoms with Crippen molar-refractivity contribution in [1.29, 1.82) is 0 Å². The summed E-state index contributed by atoms with van der Waals surface area (Å²) >= 11 is 0. The van der Waals surface area contributed by atoms with Crippen LogP contribution >= 0.6 is 0 Å². The van der Waals surface area contributed by atoms with Gasteiger partial charge in [0.25, 0.3) is 0 Å². The van der Waals surface area contributed by atoms with E-state index < -0.39 is 0 Å². The molecule has 0 aromatic carbocycles. The molecule has 17 heavy (non-hydrogen) atoms. The summed E-state index contributed by atoms with van der Waals surface area (Å²) in [6, 6.07) is 3.93. The summed E-state index contributed by atoms with van der Waals surface area (Å²) in [4.78, 5) is 18.2. The number of rotatable bonds is 2. The van der Waals surface area contributed by atoms with E-state index in [2.05, 4.69) is 10.3 Å². The van der Waals surface area contributed by atoms with Gasteiger partial charge in [0.2, 0.25) is 5.91 Å². The Bertz CT molecular complexity index is 367. The van der Waals surface area contributed by atoms with Gasteiger partial charge in [-0.05, 0) is 31.5 Å². The molecule has 1 aromatic rings. The zero-order chi connectivity index (χ0) is 12.1. The number of hydrogen-bond acceptors (Lipinski definition) is 3. The molecular formula is C13H19N3O. The van der Waals surface area contributed by atoms with Crippen LogP contribution in [-0.4, -0.2) is 42.0 Å². The van der Waals surface area contributed by atoms with Gasteiger partial charge in [0, 0.05) is 31.5 Å². The summed E-state index contributed by atoms with van der Waals surface area (Å²) in [7, 11) is 0. The molecule has 4 heteroatoms. The number of aryl methyl sites for hydroxylation is 1. The number of pyridine rings is 1. The lowest BCUT2D eigenvalue weighted by atomic mass is 10.2. The Morgan fingerprint density at radius 1 is 1.41 bits per heavy atom. The number of carbonyl (C=O) groups is 1. The van der Waals surface area contributed by atoms with Gasteiger partial charge in [0.15, 0.2) is 0 Å². The Balaban J connectivity index is 1.93. The summed E-state index contributed by atoms with van der Waals surface area (Å²) in [6.07, 6.45) is 3.30. The predicted octanol–water partition coefficient (Wildman–Crippen LogP) is 0.754. The van der Waals surface area contributed by atoms with Crippen LogP contribution in [0.2, 0.25) is 0 Å². The van der Waals surface area contributed by atoms with Gasteiger partial charge in [-0.2, -0.15) is 0 Å². The van der Waals surface area contributed by atoms with E-state index in [-0.39, 0.29) is 5.91 Å². The fraction of sp³-hybridized carbons (Fsp3) is 0.538. The fourth-order valence-electron chi connectivity index (χ4n) is 1.98. The first-order valence-electron chi connectivity index (χ1n) is 6.16. The Morgan fingerprint density at radius 2 is 2.29 bits per heavy atom. The van der Waals surface area contributed by atoms with E-state index >= 15 is 0 Å². The smallest absolute Gasteiger partial charge is 0.227 e. The Kier molecular flexibility index (Phi) is 4.09. The highest BCUT2D eigenvalue weighted by molar-refractivity contribution is 5.78. The molecule has 0 unspecified atom stereocenters. The third-order valence-electron chi connectivity index (χ3n) is 3.02. The van der Waals surface area contributed by atoms with Crippen molar-refractivity contribution in [1.82, 2.24) is 15.2 Å². The molecule has 0 radical (unpaired) electrons. The molecule has 2 rings (SSSR count). The largest absolute Gasteiger partial charge is 0.341 e. The summed E-state index contributed by atoms with van der Waals surface area (Å²) in [5.74, 6) is 0.208. The van der Waals surface area contributed by atoms with Crippen LogP contribution < -0.4 is 5.32 Å². The van der Waals surface area contributed by atoms with Crippen LogP contribution in [0.1, 0.15) is 17.7 Å². The summed E-state index contributed by atoms with van der Waals surface area (Å²) in [5, 5.41) is 3.30. The third kappa shape index (κ3) is 3.53. The summed E-state index contributed by atoms with van der Waals surface area (Å²) in [5.41, 5.74) is 1.98. The second-order valence-electron chi connectivity index (χ2n) is 4.47. The Morgan fingerprint density at radius 3 is 3.06 bits per heavy atom. The van der Waals surface area contributed by atoms with Crippen molar-refractivity contribution in [3.05, 3.63) is 29.6 Å². The summed E-state index contributed by atoms with van der Waals surface area (Å²) < 4.78 is 0. The zero-order valence-electron chi connectivity index (χ0n) is 10.3. The number of carbonyl (C=O) groups excluding carboxylic acids is 1. The normalized spacial score (nSPS) is 16.6. The zero-order valence-corrected chi connectivity index (χ0v) is 10.3. The maximum absolute atomic E-state index is 12.1. The van der Waals surface area contributed by atoms with Gasteiger partial charge in [-0.15, -0.1) is 0 Å². The quantitative estimate of drug-likeness (QED) is 0.820. The van der Waals surface area contributed by atoms with Gasteiger partial charge in [0.1, 0.15) is 0 Å². The first kappa shape index (κ1) is 12.0. The van der Waals surface area contributed by atoms with E-state index in [9.17, 15) is 4.79 Å². The van der Waals surface area contributed by atoms with Crippen LogP contribution in [0, 0.1) is 6.92 Å². The topological polar surface area (TPSA) is 45.2 Å². The maximum atomic E-state index is 12.1. The maximum Gasteiger partial charge on any atom is 0.227 e. The molecule has 2 heterocycles. The average molecular weight is 233 g/mol. The van der Waals surface area contributed by atoms with Crippen LogP contribution in [0.25, 0.3) is 0 Å². The monoisotopic (exact) mass is 233 g/mol. The van der Waals surface area contributed by atoms with Crippen LogP contribution in [0.15, 0.2) is 18.3 Å². The van der Waals surface area contributed by atoms with Gasteiger partial charge < -0.3 is 10.2 Å². The van der Waals surface area contributed by atoms with Crippen molar-refractivity contribution in [3.63, 3.8) is 0 Å². The first-order chi connectivity index (χ1) is 8.25. The highest BCUT2D eigenvalue weighted by Crippen LogP contribution is 2.04. The van der Waals surface area contributed by atoms with Crippen LogP contribution in [0.4, 0.5) is 0 Å². The number of hydrogen-bond donors (Lipinski definition) is 1. The molecule has 1 aliphatic heterocycles. The van der Waals surface area contributed by atoms with Crippen LogP contribution in [0.5, 0.6) is 0 Å². The van der Waals surface area contributed by atoms with E-state index in [1.54, 1.807) is 6.20 Å². The first-order valence-corrected chi connectivity index (χ1v) is 6.16. The van der Waals surface area contributed by atoms with Crippen molar-refractivity contribution in [2.45, 2.75) is 19.8 Å².